The first-order chi connectivity index (χ1) is 16.3. The molecule has 1 aliphatic rings. The van der Waals surface area contributed by atoms with E-state index in [4.69, 9.17) is 4.74 Å². The summed E-state index contributed by atoms with van der Waals surface area (Å²) in [6, 6.07) is 20.8. The third-order valence-electron chi connectivity index (χ3n) is 5.70. The highest BCUT2D eigenvalue weighted by Gasteiger charge is 2.48. The van der Waals surface area contributed by atoms with Gasteiger partial charge in [-0.15, -0.1) is 0 Å². The van der Waals surface area contributed by atoms with E-state index in [9.17, 15) is 19.6 Å². The van der Waals surface area contributed by atoms with Crippen molar-refractivity contribution in [3.05, 3.63) is 71.8 Å². The monoisotopic (exact) mass is 462 g/mol. The van der Waals surface area contributed by atoms with Gasteiger partial charge >= 0.3 is 6.09 Å². The Bertz CT molecular complexity index is 1040. The molecule has 2 aromatic rings. The van der Waals surface area contributed by atoms with E-state index in [1.54, 1.807) is 0 Å². The molecule has 8 nitrogen and oxygen atoms in total. The van der Waals surface area contributed by atoms with Gasteiger partial charge in [0.15, 0.2) is 11.6 Å². The maximum absolute atomic E-state index is 13.8. The van der Waals surface area contributed by atoms with Crippen molar-refractivity contribution in [2.75, 3.05) is 6.54 Å². The number of carbonyl (C=O) groups is 3. The minimum Gasteiger partial charge on any atom is -0.436 e. The van der Waals surface area contributed by atoms with E-state index in [1.165, 1.54) is 4.90 Å². The predicted octanol–water partition coefficient (Wildman–Crippen LogP) is 3.14. The smallest absolute Gasteiger partial charge is 0.408 e. The van der Waals surface area contributed by atoms with Crippen LogP contribution in [0.15, 0.2) is 60.7 Å². The second kappa shape index (κ2) is 11.3. The Balaban J connectivity index is 1.82. The van der Waals surface area contributed by atoms with Gasteiger partial charge in [-0.3, -0.25) is 9.59 Å². The minimum absolute atomic E-state index is 0.0233. The van der Waals surface area contributed by atoms with Crippen molar-refractivity contribution in [1.29, 1.82) is 5.26 Å². The van der Waals surface area contributed by atoms with Gasteiger partial charge in [-0.1, -0.05) is 74.5 Å². The number of ether oxygens (including phenoxy) is 1. The SMILES string of the molecule is CC(C)CC(OC(=O)NCc1ccccc1)C(=O)N(Cc1ccccc1)C1(C#N)CNC(=O)C1. The quantitative estimate of drug-likeness (QED) is 0.595. The van der Waals surface area contributed by atoms with Crippen LogP contribution < -0.4 is 10.6 Å². The van der Waals surface area contributed by atoms with E-state index >= 15 is 0 Å². The Morgan fingerprint density at radius 3 is 2.26 bits per heavy atom. The highest BCUT2D eigenvalue weighted by molar-refractivity contribution is 5.88. The molecule has 0 saturated carbocycles. The molecular weight excluding hydrogens is 432 g/mol. The third kappa shape index (κ3) is 6.35. The van der Waals surface area contributed by atoms with Gasteiger partial charge in [-0.2, -0.15) is 5.26 Å². The number of nitriles is 1. The fraction of sp³-hybridized carbons (Fsp3) is 0.385. The highest BCUT2D eigenvalue weighted by atomic mass is 16.6. The van der Waals surface area contributed by atoms with E-state index in [0.717, 1.165) is 11.1 Å². The molecule has 178 valence electrons. The molecule has 2 aromatic carbocycles. The Kier molecular flexibility index (Phi) is 8.25. The number of nitrogens with zero attached hydrogens (tertiary/aromatic N) is 2. The molecule has 1 heterocycles. The van der Waals surface area contributed by atoms with Crippen LogP contribution in [0, 0.1) is 17.2 Å². The van der Waals surface area contributed by atoms with Crippen molar-refractivity contribution in [2.45, 2.75) is 51.4 Å². The number of hydrogen-bond donors (Lipinski definition) is 2. The highest BCUT2D eigenvalue weighted by Crippen LogP contribution is 2.28. The molecule has 1 saturated heterocycles. The molecule has 0 radical (unpaired) electrons. The second-order valence-corrected chi connectivity index (χ2v) is 8.87. The van der Waals surface area contributed by atoms with Crippen LogP contribution in [0.1, 0.15) is 37.8 Å². The Hall–Kier alpha value is -3.86. The van der Waals surface area contributed by atoms with Crippen LogP contribution in [0.2, 0.25) is 0 Å². The molecular formula is C26H30N4O4. The maximum Gasteiger partial charge on any atom is 0.408 e. The zero-order chi connectivity index (χ0) is 24.6. The van der Waals surface area contributed by atoms with E-state index < -0.39 is 23.6 Å². The Morgan fingerprint density at radius 1 is 1.12 bits per heavy atom. The first kappa shape index (κ1) is 24.8. The fourth-order valence-electron chi connectivity index (χ4n) is 3.91. The minimum atomic E-state index is -1.36. The zero-order valence-electron chi connectivity index (χ0n) is 19.5. The summed E-state index contributed by atoms with van der Waals surface area (Å²) in [7, 11) is 0. The number of rotatable bonds is 9. The van der Waals surface area contributed by atoms with Crippen LogP contribution in [-0.2, 0) is 27.4 Å². The lowest BCUT2D eigenvalue weighted by Gasteiger charge is -2.37. The molecule has 34 heavy (non-hydrogen) atoms. The van der Waals surface area contributed by atoms with Gasteiger partial charge in [-0.05, 0) is 23.5 Å². The molecule has 0 aromatic heterocycles. The van der Waals surface area contributed by atoms with Gasteiger partial charge in [0.1, 0.15) is 0 Å². The van der Waals surface area contributed by atoms with Crippen molar-refractivity contribution in [3.63, 3.8) is 0 Å². The standard InChI is InChI=1S/C26H30N4O4/c1-19(2)13-22(34-25(33)28-15-20-9-5-3-6-10-20)24(32)30(16-21-11-7-4-8-12-21)26(17-27)14-23(31)29-18-26/h3-12,19,22H,13-16,18H2,1-2H3,(H,28,33)(H,29,31). The third-order valence-corrected chi connectivity index (χ3v) is 5.70. The number of alkyl carbamates (subject to hydrolysis) is 1. The van der Waals surface area contributed by atoms with E-state index in [1.807, 2.05) is 74.5 Å². The number of nitrogens with one attached hydrogen (secondary N) is 2. The topological polar surface area (TPSA) is 112 Å². The van der Waals surface area contributed by atoms with Crippen molar-refractivity contribution in [1.82, 2.24) is 15.5 Å². The fourth-order valence-corrected chi connectivity index (χ4v) is 3.91. The maximum atomic E-state index is 13.8. The molecule has 3 amide bonds. The normalized spacial score (nSPS) is 18.0. The van der Waals surface area contributed by atoms with Crippen LogP contribution in [0.25, 0.3) is 0 Å². The van der Waals surface area contributed by atoms with E-state index in [-0.39, 0.29) is 44.3 Å². The number of benzene rings is 2. The van der Waals surface area contributed by atoms with Crippen LogP contribution in [0.3, 0.4) is 0 Å². The lowest BCUT2D eigenvalue weighted by Crippen LogP contribution is -2.56. The van der Waals surface area contributed by atoms with Gasteiger partial charge in [0.05, 0.1) is 19.0 Å². The summed E-state index contributed by atoms with van der Waals surface area (Å²) in [6.45, 7) is 4.25. The molecule has 2 atom stereocenters. The average Bonchev–Trinajstić information content (AvgIpc) is 3.23. The molecule has 1 aliphatic heterocycles. The lowest BCUT2D eigenvalue weighted by molar-refractivity contribution is -0.146. The lowest BCUT2D eigenvalue weighted by atomic mass is 9.94. The Labute approximate surface area is 199 Å². The van der Waals surface area contributed by atoms with Crippen molar-refractivity contribution in [3.8, 4) is 6.07 Å². The molecule has 1 fully saturated rings. The van der Waals surface area contributed by atoms with Gasteiger partial charge < -0.3 is 20.3 Å². The molecule has 8 heteroatoms. The molecule has 0 bridgehead atoms. The summed E-state index contributed by atoms with van der Waals surface area (Å²) in [6.07, 6.45) is -1.66. The van der Waals surface area contributed by atoms with Crippen molar-refractivity contribution in [2.24, 2.45) is 5.92 Å². The van der Waals surface area contributed by atoms with Crippen LogP contribution in [0.5, 0.6) is 0 Å². The average molecular weight is 463 g/mol. The summed E-state index contributed by atoms with van der Waals surface area (Å²) >= 11 is 0. The molecule has 2 N–H and O–H groups in total. The van der Waals surface area contributed by atoms with Gasteiger partial charge in [0.2, 0.25) is 5.91 Å². The van der Waals surface area contributed by atoms with Crippen LogP contribution >= 0.6 is 0 Å². The van der Waals surface area contributed by atoms with Crippen molar-refractivity contribution < 1.29 is 19.1 Å². The van der Waals surface area contributed by atoms with Crippen molar-refractivity contribution >= 4 is 17.9 Å². The van der Waals surface area contributed by atoms with Gasteiger partial charge in [0.25, 0.3) is 5.91 Å². The second-order valence-electron chi connectivity index (χ2n) is 8.87. The molecule has 0 aliphatic carbocycles. The molecule has 3 rings (SSSR count). The first-order valence-corrected chi connectivity index (χ1v) is 11.3. The number of amides is 3. The van der Waals surface area contributed by atoms with Crippen LogP contribution in [0.4, 0.5) is 4.79 Å². The number of hydrogen-bond acceptors (Lipinski definition) is 5. The summed E-state index contributed by atoms with van der Waals surface area (Å²) in [5.74, 6) is -0.740. The summed E-state index contributed by atoms with van der Waals surface area (Å²) in [5, 5.41) is 15.4. The number of carbonyl (C=O) groups excluding carboxylic acids is 3. The summed E-state index contributed by atoms with van der Waals surface area (Å²) < 4.78 is 5.58. The molecule has 0 spiro atoms. The summed E-state index contributed by atoms with van der Waals surface area (Å²) in [5.41, 5.74) is 0.348. The first-order valence-electron chi connectivity index (χ1n) is 11.3. The Morgan fingerprint density at radius 2 is 1.74 bits per heavy atom. The molecule has 2 unspecified atom stereocenters. The summed E-state index contributed by atoms with van der Waals surface area (Å²) in [4.78, 5) is 39.8. The van der Waals surface area contributed by atoms with E-state index in [0.29, 0.717) is 0 Å². The van der Waals surface area contributed by atoms with E-state index in [2.05, 4.69) is 16.7 Å². The zero-order valence-corrected chi connectivity index (χ0v) is 19.5. The predicted molar refractivity (Wildman–Crippen MR) is 126 cm³/mol. The van der Waals surface area contributed by atoms with Crippen LogP contribution in [-0.4, -0.2) is 41.0 Å². The van der Waals surface area contributed by atoms with Gasteiger partial charge in [-0.25, -0.2) is 4.79 Å². The van der Waals surface area contributed by atoms with Gasteiger partial charge in [0, 0.05) is 13.1 Å². The largest absolute Gasteiger partial charge is 0.436 e.